The fourth-order valence-corrected chi connectivity index (χ4v) is 2.59. The summed E-state index contributed by atoms with van der Waals surface area (Å²) in [5, 5.41) is 0. The van der Waals surface area contributed by atoms with Crippen molar-refractivity contribution in [3.8, 4) is 0 Å². The Morgan fingerprint density at radius 2 is 1.92 bits per heavy atom. The van der Waals surface area contributed by atoms with Gasteiger partial charge in [-0.15, -0.1) is 0 Å². The van der Waals surface area contributed by atoms with Gasteiger partial charge in [-0.1, -0.05) is 25.5 Å². The van der Waals surface area contributed by atoms with E-state index in [-0.39, 0.29) is 5.91 Å². The Kier molecular flexibility index (Phi) is 7.07. The highest BCUT2D eigenvalue weighted by molar-refractivity contribution is 5.94. The minimum Gasteiger partial charge on any atom is -0.464 e. The average molecular weight is 329 g/mol. The molecule has 1 aromatic carbocycles. The molecule has 0 fully saturated rings. The molecule has 0 unspecified atom stereocenters. The first-order valence-corrected chi connectivity index (χ1v) is 8.56. The standard InChI is InChI=1S/C20H27NO3/c1-4-5-6-17-8-10-18(11-9-17)20(22)21(13-14-23-3)15-19-12-7-16(2)24-19/h7-12H,4-6,13-15H2,1-3H3. The monoisotopic (exact) mass is 329 g/mol. The van der Waals surface area contributed by atoms with E-state index < -0.39 is 0 Å². The molecule has 0 aliphatic heterocycles. The van der Waals surface area contributed by atoms with Crippen LogP contribution in [0.25, 0.3) is 0 Å². The van der Waals surface area contributed by atoms with Crippen molar-refractivity contribution in [1.29, 1.82) is 0 Å². The molecule has 0 saturated heterocycles. The number of methoxy groups -OCH3 is 1. The van der Waals surface area contributed by atoms with E-state index in [1.165, 1.54) is 18.4 Å². The zero-order valence-corrected chi connectivity index (χ0v) is 14.9. The molecule has 2 rings (SSSR count). The maximum absolute atomic E-state index is 12.8. The number of benzene rings is 1. The summed E-state index contributed by atoms with van der Waals surface area (Å²) in [5.41, 5.74) is 1.98. The Morgan fingerprint density at radius 3 is 2.50 bits per heavy atom. The molecule has 0 N–H and O–H groups in total. The third-order valence-corrected chi connectivity index (χ3v) is 4.02. The zero-order valence-electron chi connectivity index (χ0n) is 14.9. The summed E-state index contributed by atoms with van der Waals surface area (Å²) in [6.45, 7) is 5.57. The van der Waals surface area contributed by atoms with Crippen LogP contribution >= 0.6 is 0 Å². The molecule has 0 radical (unpaired) electrons. The molecule has 4 heteroatoms. The molecule has 4 nitrogen and oxygen atoms in total. The number of hydrogen-bond acceptors (Lipinski definition) is 3. The molecule has 2 aromatic rings. The number of furan rings is 1. The van der Waals surface area contributed by atoms with Crippen molar-refractivity contribution >= 4 is 5.91 Å². The predicted octanol–water partition coefficient (Wildman–Crippen LogP) is 4.22. The first-order valence-electron chi connectivity index (χ1n) is 8.56. The van der Waals surface area contributed by atoms with Crippen molar-refractivity contribution in [3.63, 3.8) is 0 Å². The summed E-state index contributed by atoms with van der Waals surface area (Å²) in [6.07, 6.45) is 3.41. The van der Waals surface area contributed by atoms with Crippen LogP contribution in [-0.4, -0.2) is 31.1 Å². The van der Waals surface area contributed by atoms with Crippen LogP contribution in [0, 0.1) is 6.92 Å². The summed E-state index contributed by atoms with van der Waals surface area (Å²) in [5.74, 6) is 1.64. The third kappa shape index (κ3) is 5.24. The van der Waals surface area contributed by atoms with Gasteiger partial charge in [0.2, 0.25) is 0 Å². The van der Waals surface area contributed by atoms with Gasteiger partial charge in [0.25, 0.3) is 5.91 Å². The van der Waals surface area contributed by atoms with Gasteiger partial charge >= 0.3 is 0 Å². The maximum atomic E-state index is 12.8. The molecule has 0 spiro atoms. The van der Waals surface area contributed by atoms with Gasteiger partial charge in [-0.2, -0.15) is 0 Å². The fourth-order valence-electron chi connectivity index (χ4n) is 2.59. The van der Waals surface area contributed by atoms with Gasteiger partial charge in [-0.3, -0.25) is 4.79 Å². The normalized spacial score (nSPS) is 10.8. The number of nitrogens with zero attached hydrogens (tertiary/aromatic N) is 1. The molecule has 1 amide bonds. The Hall–Kier alpha value is -2.07. The van der Waals surface area contributed by atoms with Gasteiger partial charge < -0.3 is 14.1 Å². The molecule has 1 aromatic heterocycles. The zero-order chi connectivity index (χ0) is 17.4. The molecule has 0 saturated carbocycles. The van der Waals surface area contributed by atoms with Gasteiger partial charge in [-0.25, -0.2) is 0 Å². The van der Waals surface area contributed by atoms with E-state index in [2.05, 4.69) is 19.1 Å². The van der Waals surface area contributed by atoms with Crippen molar-refractivity contribution in [1.82, 2.24) is 4.90 Å². The van der Waals surface area contributed by atoms with Gasteiger partial charge in [0.1, 0.15) is 11.5 Å². The van der Waals surface area contributed by atoms with E-state index in [4.69, 9.17) is 9.15 Å². The van der Waals surface area contributed by atoms with E-state index >= 15 is 0 Å². The Morgan fingerprint density at radius 1 is 1.17 bits per heavy atom. The van der Waals surface area contributed by atoms with Crippen LogP contribution in [-0.2, 0) is 17.7 Å². The first-order chi connectivity index (χ1) is 11.6. The fraction of sp³-hybridized carbons (Fsp3) is 0.450. The maximum Gasteiger partial charge on any atom is 0.254 e. The smallest absolute Gasteiger partial charge is 0.254 e. The lowest BCUT2D eigenvalue weighted by atomic mass is 10.1. The summed E-state index contributed by atoms with van der Waals surface area (Å²) in [4.78, 5) is 14.6. The number of carbonyl (C=O) groups excluding carboxylic acids is 1. The van der Waals surface area contributed by atoms with E-state index in [9.17, 15) is 4.79 Å². The van der Waals surface area contributed by atoms with Crippen molar-refractivity contribution in [2.45, 2.75) is 39.7 Å². The quantitative estimate of drug-likeness (QED) is 0.692. The summed E-state index contributed by atoms with van der Waals surface area (Å²) in [6, 6.07) is 11.8. The minimum absolute atomic E-state index is 0.00291. The Balaban J connectivity index is 2.08. The molecule has 24 heavy (non-hydrogen) atoms. The van der Waals surface area contributed by atoms with Gasteiger partial charge in [-0.05, 0) is 49.6 Å². The van der Waals surface area contributed by atoms with E-state index in [0.717, 1.165) is 17.9 Å². The molecule has 0 atom stereocenters. The molecular weight excluding hydrogens is 302 g/mol. The Bertz CT molecular complexity index is 631. The second kappa shape index (κ2) is 9.28. The van der Waals surface area contributed by atoms with Crippen LogP contribution in [0.4, 0.5) is 0 Å². The van der Waals surface area contributed by atoms with Crippen LogP contribution < -0.4 is 0 Å². The van der Waals surface area contributed by atoms with Crippen LogP contribution in [0.3, 0.4) is 0 Å². The second-order valence-electron chi connectivity index (χ2n) is 6.03. The number of ether oxygens (including phenoxy) is 1. The highest BCUT2D eigenvalue weighted by Crippen LogP contribution is 2.14. The van der Waals surface area contributed by atoms with Gasteiger partial charge in [0.15, 0.2) is 0 Å². The van der Waals surface area contributed by atoms with E-state index in [1.54, 1.807) is 12.0 Å². The second-order valence-corrected chi connectivity index (χ2v) is 6.03. The van der Waals surface area contributed by atoms with Gasteiger partial charge in [0, 0.05) is 19.2 Å². The van der Waals surface area contributed by atoms with Crippen molar-refractivity contribution < 1.29 is 13.9 Å². The van der Waals surface area contributed by atoms with Gasteiger partial charge in [0.05, 0.1) is 13.2 Å². The average Bonchev–Trinajstić information content (AvgIpc) is 3.01. The lowest BCUT2D eigenvalue weighted by Gasteiger charge is -2.21. The Labute approximate surface area is 144 Å². The molecular formula is C20H27NO3. The van der Waals surface area contributed by atoms with Crippen LogP contribution in [0.15, 0.2) is 40.8 Å². The summed E-state index contributed by atoms with van der Waals surface area (Å²) in [7, 11) is 1.64. The number of aryl methyl sites for hydroxylation is 2. The van der Waals surface area contributed by atoms with E-state index in [0.29, 0.717) is 25.3 Å². The summed E-state index contributed by atoms with van der Waals surface area (Å²) < 4.78 is 10.7. The van der Waals surface area contributed by atoms with Crippen molar-refractivity contribution in [2.24, 2.45) is 0 Å². The lowest BCUT2D eigenvalue weighted by molar-refractivity contribution is 0.0666. The number of unbranched alkanes of at least 4 members (excludes halogenated alkanes) is 1. The topological polar surface area (TPSA) is 42.7 Å². The number of carbonyl (C=O) groups is 1. The number of hydrogen-bond donors (Lipinski definition) is 0. The van der Waals surface area contributed by atoms with E-state index in [1.807, 2.05) is 31.2 Å². The predicted molar refractivity (Wildman–Crippen MR) is 95.1 cm³/mol. The van der Waals surface area contributed by atoms with Crippen LogP contribution in [0.5, 0.6) is 0 Å². The molecule has 0 bridgehead atoms. The molecule has 1 heterocycles. The lowest BCUT2D eigenvalue weighted by Crippen LogP contribution is -2.33. The molecule has 0 aliphatic carbocycles. The molecule has 0 aliphatic rings. The highest BCUT2D eigenvalue weighted by Gasteiger charge is 2.17. The van der Waals surface area contributed by atoms with Crippen LogP contribution in [0.2, 0.25) is 0 Å². The summed E-state index contributed by atoms with van der Waals surface area (Å²) >= 11 is 0. The largest absolute Gasteiger partial charge is 0.464 e. The number of rotatable bonds is 9. The molecule has 130 valence electrons. The SMILES string of the molecule is CCCCc1ccc(C(=O)N(CCOC)Cc2ccc(C)o2)cc1. The van der Waals surface area contributed by atoms with Crippen LogP contribution in [0.1, 0.15) is 47.2 Å². The first kappa shape index (κ1) is 18.3. The highest BCUT2D eigenvalue weighted by atomic mass is 16.5. The minimum atomic E-state index is 0.00291. The number of amides is 1. The third-order valence-electron chi connectivity index (χ3n) is 4.02. The van der Waals surface area contributed by atoms with Crippen molar-refractivity contribution in [2.75, 3.05) is 20.3 Å². The van der Waals surface area contributed by atoms with Crippen molar-refractivity contribution in [3.05, 3.63) is 59.0 Å².